The molecule has 0 fully saturated rings. The van der Waals surface area contributed by atoms with Crippen molar-refractivity contribution in [1.29, 1.82) is 0 Å². The highest BCUT2D eigenvalue weighted by atomic mass is 32.1. The molecule has 206 valence electrons. The standard InChI is InChI=1S/C36H29N3O2S/c1-3-25(40-2)22-41-26-15-13-24(14-16-26)39-31-11-7-6-8-27(31)30-20-23(12-17-32(30)39)34-21-33-35(42-34)28-9-4-5-10-29(28)36-37-18-19-38(33)36/h4-21,25H,3,22H2,1-2H3. The fourth-order valence-corrected chi connectivity index (χ4v) is 7.29. The van der Waals surface area contributed by atoms with E-state index in [1.807, 2.05) is 29.7 Å². The monoisotopic (exact) mass is 567 g/mol. The summed E-state index contributed by atoms with van der Waals surface area (Å²) in [6.07, 6.45) is 4.97. The number of pyridine rings is 1. The zero-order valence-corrected chi connectivity index (χ0v) is 24.3. The van der Waals surface area contributed by atoms with E-state index in [9.17, 15) is 0 Å². The highest BCUT2D eigenvalue weighted by Crippen LogP contribution is 2.41. The lowest BCUT2D eigenvalue weighted by molar-refractivity contribution is 0.0556. The molecular formula is C36H29N3O2S. The summed E-state index contributed by atoms with van der Waals surface area (Å²) in [6, 6.07) is 34.8. The summed E-state index contributed by atoms with van der Waals surface area (Å²) in [6.45, 7) is 2.65. The SMILES string of the molecule is CCC(COc1ccc(-n2c3ccccc3c3cc(-c4cc5c(s4)c4ccccc4c4nccn54)ccc32)cc1)OC. The van der Waals surface area contributed by atoms with Crippen LogP contribution in [0, 0.1) is 0 Å². The Labute approximate surface area is 247 Å². The number of para-hydroxylation sites is 1. The normalized spacial score (nSPS) is 12.7. The predicted molar refractivity (Wildman–Crippen MR) is 174 cm³/mol. The number of thiophene rings is 1. The molecule has 0 aliphatic rings. The lowest BCUT2D eigenvalue weighted by atomic mass is 10.1. The zero-order chi connectivity index (χ0) is 28.2. The molecule has 4 aromatic heterocycles. The lowest BCUT2D eigenvalue weighted by Crippen LogP contribution is -2.19. The maximum atomic E-state index is 6.00. The molecule has 8 rings (SSSR count). The maximum absolute atomic E-state index is 6.00. The van der Waals surface area contributed by atoms with Crippen molar-refractivity contribution < 1.29 is 9.47 Å². The number of rotatable bonds is 7. The fourth-order valence-electron chi connectivity index (χ4n) is 6.11. The molecule has 0 N–H and O–H groups in total. The van der Waals surface area contributed by atoms with Gasteiger partial charge in [0.25, 0.3) is 0 Å². The molecule has 1 unspecified atom stereocenters. The molecule has 6 heteroatoms. The second kappa shape index (κ2) is 10.0. The van der Waals surface area contributed by atoms with Crippen LogP contribution < -0.4 is 4.74 Å². The summed E-state index contributed by atoms with van der Waals surface area (Å²) >= 11 is 1.85. The van der Waals surface area contributed by atoms with Gasteiger partial charge in [0.15, 0.2) is 0 Å². The van der Waals surface area contributed by atoms with Crippen LogP contribution >= 0.6 is 11.3 Å². The minimum absolute atomic E-state index is 0.0989. The van der Waals surface area contributed by atoms with Gasteiger partial charge < -0.3 is 14.0 Å². The summed E-state index contributed by atoms with van der Waals surface area (Å²) in [5, 5.41) is 4.91. The lowest BCUT2D eigenvalue weighted by Gasteiger charge is -2.15. The van der Waals surface area contributed by atoms with Crippen molar-refractivity contribution in [3.05, 3.63) is 109 Å². The van der Waals surface area contributed by atoms with Gasteiger partial charge in [-0.25, -0.2) is 4.98 Å². The van der Waals surface area contributed by atoms with Crippen LogP contribution in [0.1, 0.15) is 13.3 Å². The first-order chi connectivity index (χ1) is 20.7. The van der Waals surface area contributed by atoms with Crippen molar-refractivity contribution in [1.82, 2.24) is 14.0 Å². The Balaban J connectivity index is 1.24. The maximum Gasteiger partial charge on any atom is 0.145 e. The van der Waals surface area contributed by atoms with Crippen LogP contribution in [0.25, 0.3) is 64.6 Å². The number of nitrogens with zero attached hydrogens (tertiary/aromatic N) is 3. The molecule has 1 atom stereocenters. The van der Waals surface area contributed by atoms with Crippen molar-refractivity contribution in [2.24, 2.45) is 0 Å². The third kappa shape index (κ3) is 3.91. The molecular weight excluding hydrogens is 538 g/mol. The topological polar surface area (TPSA) is 40.7 Å². The Bertz CT molecular complexity index is 2240. The predicted octanol–water partition coefficient (Wildman–Crippen LogP) is 9.27. The van der Waals surface area contributed by atoms with Crippen molar-refractivity contribution >= 4 is 59.8 Å². The minimum atomic E-state index is 0.0989. The van der Waals surface area contributed by atoms with Crippen LogP contribution in [0.3, 0.4) is 0 Å². The van der Waals surface area contributed by atoms with E-state index in [4.69, 9.17) is 9.47 Å². The molecule has 8 aromatic rings. The highest BCUT2D eigenvalue weighted by molar-refractivity contribution is 7.23. The van der Waals surface area contributed by atoms with Crippen LogP contribution in [0.15, 0.2) is 109 Å². The van der Waals surface area contributed by atoms with Crippen LogP contribution in [0.2, 0.25) is 0 Å². The number of methoxy groups -OCH3 is 1. The average molecular weight is 568 g/mol. The molecule has 0 amide bonds. The van der Waals surface area contributed by atoms with Gasteiger partial charge in [-0.05, 0) is 60.5 Å². The summed E-state index contributed by atoms with van der Waals surface area (Å²) in [7, 11) is 1.73. The molecule has 0 spiro atoms. The quantitative estimate of drug-likeness (QED) is 0.193. The molecule has 4 aromatic carbocycles. The third-order valence-electron chi connectivity index (χ3n) is 8.30. The van der Waals surface area contributed by atoms with Crippen molar-refractivity contribution in [3.63, 3.8) is 0 Å². The Kier molecular flexibility index (Phi) is 5.98. The van der Waals surface area contributed by atoms with E-state index >= 15 is 0 Å². The Hall–Kier alpha value is -4.65. The molecule has 0 bridgehead atoms. The first kappa shape index (κ1) is 25.1. The number of hydrogen-bond acceptors (Lipinski definition) is 4. The Morgan fingerprint density at radius 3 is 2.36 bits per heavy atom. The van der Waals surface area contributed by atoms with Crippen LogP contribution in [-0.4, -0.2) is 33.8 Å². The van der Waals surface area contributed by atoms with E-state index in [1.165, 1.54) is 53.2 Å². The Morgan fingerprint density at radius 1 is 0.786 bits per heavy atom. The highest BCUT2D eigenvalue weighted by Gasteiger charge is 2.17. The van der Waals surface area contributed by atoms with Gasteiger partial charge in [0.05, 0.1) is 27.4 Å². The summed E-state index contributed by atoms with van der Waals surface area (Å²) in [5.74, 6) is 0.849. The number of hydrogen-bond donors (Lipinski definition) is 0. The third-order valence-corrected chi connectivity index (χ3v) is 9.51. The molecule has 0 radical (unpaired) electrons. The van der Waals surface area contributed by atoms with Gasteiger partial charge in [-0.15, -0.1) is 11.3 Å². The molecule has 5 nitrogen and oxygen atoms in total. The number of imidazole rings is 1. The number of ether oxygens (including phenoxy) is 2. The summed E-state index contributed by atoms with van der Waals surface area (Å²) in [5.41, 5.74) is 6.89. The fraction of sp³-hybridized carbons (Fsp3) is 0.139. The van der Waals surface area contributed by atoms with Gasteiger partial charge in [0.2, 0.25) is 0 Å². The van der Waals surface area contributed by atoms with E-state index in [-0.39, 0.29) is 6.10 Å². The largest absolute Gasteiger partial charge is 0.491 e. The minimum Gasteiger partial charge on any atom is -0.491 e. The molecule has 0 saturated carbocycles. The van der Waals surface area contributed by atoms with E-state index in [0.717, 1.165) is 23.5 Å². The molecule has 0 aliphatic heterocycles. The van der Waals surface area contributed by atoms with Gasteiger partial charge in [-0.1, -0.05) is 55.5 Å². The average Bonchev–Trinajstić information content (AvgIpc) is 3.78. The van der Waals surface area contributed by atoms with Gasteiger partial charge in [-0.3, -0.25) is 4.40 Å². The summed E-state index contributed by atoms with van der Waals surface area (Å²) < 4.78 is 17.3. The molecule has 42 heavy (non-hydrogen) atoms. The second-order valence-corrected chi connectivity index (χ2v) is 11.7. The first-order valence-electron chi connectivity index (χ1n) is 14.3. The van der Waals surface area contributed by atoms with Crippen LogP contribution in [0.5, 0.6) is 5.75 Å². The van der Waals surface area contributed by atoms with Gasteiger partial charge in [0.1, 0.15) is 18.0 Å². The zero-order valence-electron chi connectivity index (χ0n) is 23.5. The molecule has 0 aliphatic carbocycles. The van der Waals surface area contributed by atoms with Crippen molar-refractivity contribution in [3.8, 4) is 21.9 Å². The van der Waals surface area contributed by atoms with Crippen molar-refractivity contribution in [2.75, 3.05) is 13.7 Å². The number of benzene rings is 4. The van der Waals surface area contributed by atoms with Gasteiger partial charge in [0, 0.05) is 51.6 Å². The van der Waals surface area contributed by atoms with E-state index in [1.54, 1.807) is 7.11 Å². The van der Waals surface area contributed by atoms with Gasteiger partial charge in [-0.2, -0.15) is 0 Å². The smallest absolute Gasteiger partial charge is 0.145 e. The first-order valence-corrected chi connectivity index (χ1v) is 15.1. The van der Waals surface area contributed by atoms with E-state index in [2.05, 4.69) is 112 Å². The Morgan fingerprint density at radius 2 is 1.55 bits per heavy atom. The number of aromatic nitrogens is 3. The van der Waals surface area contributed by atoms with E-state index < -0.39 is 0 Å². The molecule has 4 heterocycles. The summed E-state index contributed by atoms with van der Waals surface area (Å²) in [4.78, 5) is 5.92. The van der Waals surface area contributed by atoms with Gasteiger partial charge >= 0.3 is 0 Å². The van der Waals surface area contributed by atoms with Crippen molar-refractivity contribution in [2.45, 2.75) is 19.4 Å². The molecule has 0 saturated heterocycles. The van der Waals surface area contributed by atoms with Crippen LogP contribution in [0.4, 0.5) is 0 Å². The van der Waals surface area contributed by atoms with E-state index in [0.29, 0.717) is 6.61 Å². The second-order valence-electron chi connectivity index (χ2n) is 10.6. The van der Waals surface area contributed by atoms with Crippen LogP contribution in [-0.2, 0) is 4.74 Å². The number of fused-ring (bicyclic) bond motifs is 9.